The minimum Gasteiger partial charge on any atom is -0.381 e. The fourth-order valence-electron chi connectivity index (χ4n) is 3.19. The highest BCUT2D eigenvalue weighted by Gasteiger charge is 2.06. The molecule has 27 heavy (non-hydrogen) atoms. The van der Waals surface area contributed by atoms with E-state index < -0.39 is 0 Å². The zero-order valence-electron chi connectivity index (χ0n) is 16.2. The molecule has 0 amide bonds. The number of ether oxygens (including phenoxy) is 1. The lowest BCUT2D eigenvalue weighted by Crippen LogP contribution is -2.05. The van der Waals surface area contributed by atoms with Crippen molar-refractivity contribution in [3.05, 3.63) is 71.8 Å². The molecular formula is C24H32Br2O. The summed E-state index contributed by atoms with van der Waals surface area (Å²) >= 11 is 7.62. The molecule has 0 fully saturated rings. The van der Waals surface area contributed by atoms with Crippen molar-refractivity contribution < 1.29 is 4.74 Å². The van der Waals surface area contributed by atoms with E-state index in [9.17, 15) is 0 Å². The second-order valence-corrected chi connectivity index (χ2v) is 9.77. The molecule has 2 aromatic rings. The van der Waals surface area contributed by atoms with Crippen molar-refractivity contribution in [1.82, 2.24) is 0 Å². The van der Waals surface area contributed by atoms with Crippen LogP contribution in [0.1, 0.15) is 49.7 Å². The number of unbranched alkanes of at least 4 members (excludes halogenated alkanes) is 2. The predicted octanol–water partition coefficient (Wildman–Crippen LogP) is 7.36. The first kappa shape index (κ1) is 22.6. The van der Waals surface area contributed by atoms with E-state index in [2.05, 4.69) is 92.5 Å². The van der Waals surface area contributed by atoms with Gasteiger partial charge in [0.15, 0.2) is 0 Å². The zero-order valence-corrected chi connectivity index (χ0v) is 19.3. The summed E-state index contributed by atoms with van der Waals surface area (Å²) in [6, 6.07) is 21.4. The van der Waals surface area contributed by atoms with Gasteiger partial charge in [0.25, 0.3) is 0 Å². The first-order valence-corrected chi connectivity index (χ1v) is 12.0. The van der Waals surface area contributed by atoms with Gasteiger partial charge < -0.3 is 4.74 Å². The molecule has 2 rings (SSSR count). The summed E-state index contributed by atoms with van der Waals surface area (Å²) in [4.78, 5) is 1.14. The standard InChI is InChI=1S/C24H32Br2O/c25-23(19-21-11-3-1-4-12-21)15-7-9-17-27-18-10-8-16-24(26)20-22-13-5-2-6-14-22/h1-6,11-14,23-24H,7-10,15-20H2. The Morgan fingerprint density at radius 2 is 1.00 bits per heavy atom. The highest BCUT2D eigenvalue weighted by Crippen LogP contribution is 2.17. The van der Waals surface area contributed by atoms with Crippen LogP contribution in [0.25, 0.3) is 0 Å². The van der Waals surface area contributed by atoms with E-state index in [1.165, 1.54) is 36.8 Å². The van der Waals surface area contributed by atoms with Crippen molar-refractivity contribution in [2.75, 3.05) is 13.2 Å². The Hall–Kier alpha value is -0.640. The molecule has 0 bridgehead atoms. The Labute approximate surface area is 182 Å². The molecule has 0 radical (unpaired) electrons. The minimum atomic E-state index is 0.570. The lowest BCUT2D eigenvalue weighted by Gasteiger charge is -2.11. The quantitative estimate of drug-likeness (QED) is 0.196. The average Bonchev–Trinajstić information content (AvgIpc) is 2.68. The fraction of sp³-hybridized carbons (Fsp3) is 0.500. The van der Waals surface area contributed by atoms with Crippen LogP contribution in [0.4, 0.5) is 0 Å². The molecule has 2 aromatic carbocycles. The van der Waals surface area contributed by atoms with Gasteiger partial charge in [-0.2, -0.15) is 0 Å². The normalized spacial score (nSPS) is 13.4. The molecule has 3 heteroatoms. The van der Waals surface area contributed by atoms with Crippen molar-refractivity contribution >= 4 is 31.9 Å². The molecule has 0 N–H and O–H groups in total. The van der Waals surface area contributed by atoms with E-state index in [1.54, 1.807) is 0 Å². The predicted molar refractivity (Wildman–Crippen MR) is 124 cm³/mol. The van der Waals surface area contributed by atoms with E-state index in [4.69, 9.17) is 4.74 Å². The van der Waals surface area contributed by atoms with Gasteiger partial charge in [0.2, 0.25) is 0 Å². The van der Waals surface area contributed by atoms with Gasteiger partial charge in [-0.15, -0.1) is 0 Å². The van der Waals surface area contributed by atoms with Gasteiger partial charge in [0.05, 0.1) is 0 Å². The van der Waals surface area contributed by atoms with Crippen molar-refractivity contribution in [1.29, 1.82) is 0 Å². The van der Waals surface area contributed by atoms with Crippen LogP contribution in [-0.4, -0.2) is 22.9 Å². The van der Waals surface area contributed by atoms with E-state index in [0.717, 1.165) is 38.9 Å². The van der Waals surface area contributed by atoms with Crippen molar-refractivity contribution in [2.24, 2.45) is 0 Å². The summed E-state index contributed by atoms with van der Waals surface area (Å²) in [5, 5.41) is 0. The molecule has 0 heterocycles. The Morgan fingerprint density at radius 3 is 1.41 bits per heavy atom. The van der Waals surface area contributed by atoms with Crippen LogP contribution in [0.5, 0.6) is 0 Å². The average molecular weight is 496 g/mol. The molecule has 0 aliphatic heterocycles. The summed E-state index contributed by atoms with van der Waals surface area (Å²) in [5.41, 5.74) is 2.82. The molecule has 1 nitrogen and oxygen atoms in total. The van der Waals surface area contributed by atoms with Crippen LogP contribution in [0.3, 0.4) is 0 Å². The highest BCUT2D eigenvalue weighted by atomic mass is 79.9. The lowest BCUT2D eigenvalue weighted by molar-refractivity contribution is 0.126. The zero-order chi connectivity index (χ0) is 19.2. The van der Waals surface area contributed by atoms with Gasteiger partial charge in [0.1, 0.15) is 0 Å². The topological polar surface area (TPSA) is 9.23 Å². The first-order chi connectivity index (χ1) is 13.2. The molecule has 0 saturated carbocycles. The van der Waals surface area contributed by atoms with Crippen molar-refractivity contribution in [3.8, 4) is 0 Å². The molecule has 0 aliphatic rings. The summed E-state index contributed by atoms with van der Waals surface area (Å²) in [7, 11) is 0. The fourth-order valence-corrected chi connectivity index (χ4v) is 4.58. The largest absolute Gasteiger partial charge is 0.381 e. The van der Waals surface area contributed by atoms with Crippen molar-refractivity contribution in [3.63, 3.8) is 0 Å². The lowest BCUT2D eigenvalue weighted by atomic mass is 10.1. The molecule has 0 saturated heterocycles. The molecular weight excluding hydrogens is 464 g/mol. The number of hydrogen-bond donors (Lipinski definition) is 0. The molecule has 0 aromatic heterocycles. The van der Waals surface area contributed by atoms with Gasteiger partial charge in [-0.1, -0.05) is 105 Å². The van der Waals surface area contributed by atoms with Crippen LogP contribution < -0.4 is 0 Å². The van der Waals surface area contributed by atoms with E-state index >= 15 is 0 Å². The summed E-state index contributed by atoms with van der Waals surface area (Å²) in [6.45, 7) is 1.79. The maximum atomic E-state index is 5.80. The molecule has 2 unspecified atom stereocenters. The molecule has 148 valence electrons. The Kier molecular flexibility index (Phi) is 12.1. The van der Waals surface area contributed by atoms with Crippen molar-refractivity contribution in [2.45, 2.75) is 61.0 Å². The van der Waals surface area contributed by atoms with E-state index in [1.807, 2.05) is 0 Å². The van der Waals surface area contributed by atoms with Gasteiger partial charge in [-0.25, -0.2) is 0 Å². The second-order valence-electron chi connectivity index (χ2n) is 7.18. The second kappa shape index (κ2) is 14.4. The number of benzene rings is 2. The SMILES string of the molecule is BrC(CCCCOCCCCC(Br)Cc1ccccc1)Cc1ccccc1. The smallest absolute Gasteiger partial charge is 0.0466 e. The third-order valence-electron chi connectivity index (χ3n) is 4.71. The monoisotopic (exact) mass is 494 g/mol. The first-order valence-electron chi connectivity index (χ1n) is 10.2. The Bertz CT molecular complexity index is 534. The Morgan fingerprint density at radius 1 is 0.593 bits per heavy atom. The highest BCUT2D eigenvalue weighted by molar-refractivity contribution is 9.09. The summed E-state index contributed by atoms with van der Waals surface area (Å²) < 4.78 is 5.80. The summed E-state index contributed by atoms with van der Waals surface area (Å²) in [5.74, 6) is 0. The number of alkyl halides is 2. The number of hydrogen-bond acceptors (Lipinski definition) is 1. The van der Waals surface area contributed by atoms with Gasteiger partial charge >= 0.3 is 0 Å². The third-order valence-corrected chi connectivity index (χ3v) is 6.28. The van der Waals surface area contributed by atoms with Crippen LogP contribution in [0, 0.1) is 0 Å². The third kappa shape index (κ3) is 11.1. The summed E-state index contributed by atoms with van der Waals surface area (Å²) in [6.07, 6.45) is 9.41. The molecule has 2 atom stereocenters. The maximum Gasteiger partial charge on any atom is 0.0466 e. The number of rotatable bonds is 14. The van der Waals surface area contributed by atoms with E-state index in [0.29, 0.717) is 9.65 Å². The van der Waals surface area contributed by atoms with Gasteiger partial charge in [0, 0.05) is 22.9 Å². The van der Waals surface area contributed by atoms with Crippen LogP contribution in [-0.2, 0) is 17.6 Å². The van der Waals surface area contributed by atoms with Crippen LogP contribution in [0.2, 0.25) is 0 Å². The minimum absolute atomic E-state index is 0.570. The van der Waals surface area contributed by atoms with Crippen LogP contribution in [0.15, 0.2) is 60.7 Å². The van der Waals surface area contributed by atoms with Gasteiger partial charge in [-0.05, 0) is 49.7 Å². The molecule has 0 spiro atoms. The van der Waals surface area contributed by atoms with E-state index in [-0.39, 0.29) is 0 Å². The number of halogens is 2. The molecule has 0 aliphatic carbocycles. The van der Waals surface area contributed by atoms with Crippen LogP contribution >= 0.6 is 31.9 Å². The maximum absolute atomic E-state index is 5.80. The Balaban J connectivity index is 1.39. The van der Waals surface area contributed by atoms with Gasteiger partial charge in [-0.3, -0.25) is 0 Å².